The molecule has 0 atom stereocenters. The number of benzene rings is 1. The lowest BCUT2D eigenvalue weighted by Crippen LogP contribution is -2.18. The Morgan fingerprint density at radius 2 is 1.96 bits per heavy atom. The Morgan fingerprint density at radius 1 is 1.25 bits per heavy atom. The van der Waals surface area contributed by atoms with Crippen molar-refractivity contribution in [2.24, 2.45) is 5.92 Å². The average Bonchev–Trinajstić information content (AvgIpc) is 3.35. The van der Waals surface area contributed by atoms with Crippen molar-refractivity contribution in [3.8, 4) is 22.8 Å². The molecule has 6 nitrogen and oxygen atoms in total. The van der Waals surface area contributed by atoms with Crippen molar-refractivity contribution in [3.63, 3.8) is 0 Å². The summed E-state index contributed by atoms with van der Waals surface area (Å²) in [6.45, 7) is 3.75. The number of aromatic amines is 1. The summed E-state index contributed by atoms with van der Waals surface area (Å²) in [5, 5.41) is 10.6. The molecule has 128 valence electrons. The summed E-state index contributed by atoms with van der Waals surface area (Å²) < 4.78 is 10.7. The van der Waals surface area contributed by atoms with Crippen LogP contribution in [0.5, 0.6) is 11.5 Å². The van der Waals surface area contributed by atoms with Gasteiger partial charge in [0.1, 0.15) is 5.69 Å². The van der Waals surface area contributed by atoms with Gasteiger partial charge in [-0.2, -0.15) is 5.10 Å². The van der Waals surface area contributed by atoms with E-state index < -0.39 is 0 Å². The predicted octanol–water partition coefficient (Wildman–Crippen LogP) is 3.57. The first-order valence-corrected chi connectivity index (χ1v) is 8.16. The highest BCUT2D eigenvalue weighted by atomic mass is 16.5. The number of carbonyl (C=O) groups is 1. The van der Waals surface area contributed by atoms with E-state index in [9.17, 15) is 4.79 Å². The van der Waals surface area contributed by atoms with Crippen molar-refractivity contribution in [1.82, 2.24) is 10.2 Å². The number of hydrogen-bond acceptors (Lipinski definition) is 4. The van der Waals surface area contributed by atoms with Gasteiger partial charge in [0.2, 0.25) is 5.91 Å². The Labute approximate surface area is 141 Å². The predicted molar refractivity (Wildman–Crippen MR) is 92.6 cm³/mol. The number of aromatic nitrogens is 2. The number of amides is 1. The lowest BCUT2D eigenvalue weighted by Gasteiger charge is -2.12. The fraction of sp³-hybridized carbons (Fsp3) is 0.444. The first kappa shape index (κ1) is 16.4. The van der Waals surface area contributed by atoms with Crippen LogP contribution in [0.1, 0.15) is 38.3 Å². The van der Waals surface area contributed by atoms with E-state index in [0.29, 0.717) is 17.4 Å². The largest absolute Gasteiger partial charge is 0.493 e. The SMILES string of the molecule is COc1ccc(-c2n[nH]c(C3CC3)c2NC(=O)C(C)C)cc1OC. The highest BCUT2D eigenvalue weighted by Gasteiger charge is 2.31. The van der Waals surface area contributed by atoms with Crippen molar-refractivity contribution in [1.29, 1.82) is 0 Å². The smallest absolute Gasteiger partial charge is 0.227 e. The number of methoxy groups -OCH3 is 2. The minimum atomic E-state index is -0.0924. The minimum absolute atomic E-state index is 0.0139. The van der Waals surface area contributed by atoms with Crippen LogP contribution in [0.2, 0.25) is 0 Å². The van der Waals surface area contributed by atoms with E-state index in [4.69, 9.17) is 9.47 Å². The Balaban J connectivity index is 2.02. The molecule has 0 saturated heterocycles. The summed E-state index contributed by atoms with van der Waals surface area (Å²) in [5.41, 5.74) is 3.39. The zero-order chi connectivity index (χ0) is 17.3. The number of nitrogens with one attached hydrogen (secondary N) is 2. The molecule has 1 fully saturated rings. The van der Waals surface area contributed by atoms with Crippen LogP contribution in [0.15, 0.2) is 18.2 Å². The van der Waals surface area contributed by atoms with Gasteiger partial charge in [-0.15, -0.1) is 0 Å². The maximum Gasteiger partial charge on any atom is 0.227 e. The van der Waals surface area contributed by atoms with Crippen LogP contribution in [-0.2, 0) is 4.79 Å². The number of H-pyrrole nitrogens is 1. The third kappa shape index (κ3) is 3.09. The van der Waals surface area contributed by atoms with E-state index in [1.165, 1.54) is 0 Å². The van der Waals surface area contributed by atoms with Crippen LogP contribution < -0.4 is 14.8 Å². The zero-order valence-electron chi connectivity index (χ0n) is 14.5. The van der Waals surface area contributed by atoms with Crippen molar-refractivity contribution in [3.05, 3.63) is 23.9 Å². The summed E-state index contributed by atoms with van der Waals surface area (Å²) in [5.74, 6) is 1.64. The highest BCUT2D eigenvalue weighted by molar-refractivity contribution is 5.96. The fourth-order valence-corrected chi connectivity index (χ4v) is 2.61. The molecule has 0 bridgehead atoms. The van der Waals surface area contributed by atoms with Crippen molar-refractivity contribution < 1.29 is 14.3 Å². The summed E-state index contributed by atoms with van der Waals surface area (Å²) in [7, 11) is 3.20. The van der Waals surface area contributed by atoms with Gasteiger partial charge in [-0.3, -0.25) is 9.89 Å². The minimum Gasteiger partial charge on any atom is -0.493 e. The molecule has 1 saturated carbocycles. The van der Waals surface area contributed by atoms with E-state index in [2.05, 4.69) is 15.5 Å². The number of rotatable bonds is 6. The first-order chi connectivity index (χ1) is 11.5. The lowest BCUT2D eigenvalue weighted by molar-refractivity contribution is -0.118. The van der Waals surface area contributed by atoms with Gasteiger partial charge in [0.05, 0.1) is 25.6 Å². The van der Waals surface area contributed by atoms with Crippen molar-refractivity contribution in [2.75, 3.05) is 19.5 Å². The number of carbonyl (C=O) groups excluding carboxylic acids is 1. The lowest BCUT2D eigenvalue weighted by atomic mass is 10.1. The second-order valence-corrected chi connectivity index (χ2v) is 6.35. The number of ether oxygens (including phenoxy) is 2. The number of hydrogen-bond donors (Lipinski definition) is 2. The maximum absolute atomic E-state index is 12.2. The third-order valence-corrected chi connectivity index (χ3v) is 4.21. The van der Waals surface area contributed by atoms with Crippen LogP contribution in [-0.4, -0.2) is 30.3 Å². The second kappa shape index (κ2) is 6.55. The van der Waals surface area contributed by atoms with E-state index in [0.717, 1.165) is 35.5 Å². The van der Waals surface area contributed by atoms with Gasteiger partial charge in [0, 0.05) is 17.4 Å². The van der Waals surface area contributed by atoms with E-state index in [-0.39, 0.29) is 11.8 Å². The Bertz CT molecular complexity index is 748. The molecule has 3 rings (SSSR count). The van der Waals surface area contributed by atoms with Gasteiger partial charge >= 0.3 is 0 Å². The molecule has 24 heavy (non-hydrogen) atoms. The van der Waals surface area contributed by atoms with Crippen LogP contribution in [0.4, 0.5) is 5.69 Å². The molecule has 0 unspecified atom stereocenters. The number of nitrogens with zero attached hydrogens (tertiary/aromatic N) is 1. The van der Waals surface area contributed by atoms with Gasteiger partial charge < -0.3 is 14.8 Å². The van der Waals surface area contributed by atoms with Crippen LogP contribution >= 0.6 is 0 Å². The monoisotopic (exact) mass is 329 g/mol. The van der Waals surface area contributed by atoms with Crippen LogP contribution in [0, 0.1) is 5.92 Å². The van der Waals surface area contributed by atoms with Gasteiger partial charge in [-0.1, -0.05) is 13.8 Å². The molecular formula is C18H23N3O3. The molecule has 6 heteroatoms. The molecule has 1 aromatic heterocycles. The zero-order valence-corrected chi connectivity index (χ0v) is 14.5. The molecule has 0 radical (unpaired) electrons. The van der Waals surface area contributed by atoms with Crippen molar-refractivity contribution >= 4 is 11.6 Å². The highest BCUT2D eigenvalue weighted by Crippen LogP contribution is 2.45. The topological polar surface area (TPSA) is 76.2 Å². The van der Waals surface area contributed by atoms with E-state index in [1.807, 2.05) is 32.0 Å². The fourth-order valence-electron chi connectivity index (χ4n) is 2.61. The summed E-state index contributed by atoms with van der Waals surface area (Å²) in [6, 6.07) is 5.63. The molecular weight excluding hydrogens is 306 g/mol. The summed E-state index contributed by atoms with van der Waals surface area (Å²) in [4.78, 5) is 12.2. The second-order valence-electron chi connectivity index (χ2n) is 6.35. The molecule has 1 aromatic carbocycles. The van der Waals surface area contributed by atoms with Crippen molar-refractivity contribution in [2.45, 2.75) is 32.6 Å². The van der Waals surface area contributed by atoms with Gasteiger partial charge in [0.25, 0.3) is 0 Å². The van der Waals surface area contributed by atoms with Gasteiger partial charge in [0.15, 0.2) is 11.5 Å². The average molecular weight is 329 g/mol. The molecule has 0 aliphatic heterocycles. The quantitative estimate of drug-likeness (QED) is 0.849. The normalized spacial score (nSPS) is 13.9. The maximum atomic E-state index is 12.2. The molecule has 2 aromatic rings. The summed E-state index contributed by atoms with van der Waals surface area (Å²) in [6.07, 6.45) is 2.25. The van der Waals surface area contributed by atoms with E-state index >= 15 is 0 Å². The third-order valence-electron chi connectivity index (χ3n) is 4.21. The number of anilines is 1. The summed E-state index contributed by atoms with van der Waals surface area (Å²) >= 11 is 0. The van der Waals surface area contributed by atoms with Gasteiger partial charge in [-0.05, 0) is 31.0 Å². The van der Waals surface area contributed by atoms with Gasteiger partial charge in [-0.25, -0.2) is 0 Å². The molecule has 1 heterocycles. The van der Waals surface area contributed by atoms with Crippen LogP contribution in [0.25, 0.3) is 11.3 Å². The molecule has 0 spiro atoms. The van der Waals surface area contributed by atoms with Crippen LogP contribution in [0.3, 0.4) is 0 Å². The Kier molecular flexibility index (Phi) is 4.46. The van der Waals surface area contributed by atoms with E-state index in [1.54, 1.807) is 14.2 Å². The Hall–Kier alpha value is -2.50. The standard InChI is InChI=1S/C18H23N3O3/c1-10(2)18(22)19-17-15(11-5-6-11)20-21-16(17)12-7-8-13(23-3)14(9-12)24-4/h7-11H,5-6H2,1-4H3,(H,19,22)(H,20,21). The first-order valence-electron chi connectivity index (χ1n) is 8.16. The molecule has 1 aliphatic rings. The molecule has 2 N–H and O–H groups in total. The Morgan fingerprint density at radius 3 is 2.54 bits per heavy atom. The molecule has 1 aliphatic carbocycles. The molecule has 1 amide bonds.